The average Bonchev–Trinajstić information content (AvgIpc) is 3.02. The fourth-order valence-corrected chi connectivity index (χ4v) is 3.89. The molecule has 0 bridgehead atoms. The molecular weight excluding hydrogens is 364 g/mol. The number of amides is 1. The zero-order valence-corrected chi connectivity index (χ0v) is 17.3. The fourth-order valence-electron chi connectivity index (χ4n) is 2.75. The molecule has 148 valence electrons. The summed E-state index contributed by atoms with van der Waals surface area (Å²) in [7, 11) is 0.291. The number of ether oxygens (including phenoxy) is 1. The van der Waals surface area contributed by atoms with E-state index in [1.54, 1.807) is 18.9 Å². The quantitative estimate of drug-likeness (QED) is 0.618. The molecule has 1 amide bonds. The molecule has 0 fully saturated rings. The molecule has 0 spiro atoms. The Morgan fingerprint density at radius 1 is 1.19 bits per heavy atom. The predicted octanol–water partition coefficient (Wildman–Crippen LogP) is 3.56. The maximum Gasteiger partial charge on any atom is 0.235 e. The van der Waals surface area contributed by atoms with E-state index in [4.69, 9.17) is 9.15 Å². The van der Waals surface area contributed by atoms with Gasteiger partial charge in [-0.25, -0.2) is 4.98 Å². The van der Waals surface area contributed by atoms with Crippen molar-refractivity contribution in [1.82, 2.24) is 9.88 Å². The minimum absolute atomic E-state index is 0.0180. The van der Waals surface area contributed by atoms with Crippen molar-refractivity contribution in [3.05, 3.63) is 35.7 Å². The monoisotopic (exact) mass is 392 g/mol. The smallest absolute Gasteiger partial charge is 0.235 e. The van der Waals surface area contributed by atoms with E-state index in [2.05, 4.69) is 4.98 Å². The molecular formula is C20H28N2O4S. The van der Waals surface area contributed by atoms with E-state index in [-0.39, 0.29) is 17.4 Å². The van der Waals surface area contributed by atoms with E-state index in [9.17, 15) is 9.00 Å². The van der Waals surface area contributed by atoms with Gasteiger partial charge in [0.1, 0.15) is 17.3 Å². The minimum Gasteiger partial charge on any atom is -0.497 e. The van der Waals surface area contributed by atoms with Crippen LogP contribution in [-0.2, 0) is 21.3 Å². The second kappa shape index (κ2) is 10.3. The van der Waals surface area contributed by atoms with Crippen LogP contribution in [0.25, 0.3) is 11.5 Å². The number of hydrogen-bond acceptors (Lipinski definition) is 5. The molecule has 0 radical (unpaired) electrons. The summed E-state index contributed by atoms with van der Waals surface area (Å²) >= 11 is 0. The first-order chi connectivity index (χ1) is 13.0. The zero-order valence-electron chi connectivity index (χ0n) is 16.5. The number of aryl methyl sites for hydroxylation is 1. The number of nitrogens with zero attached hydrogens (tertiary/aromatic N) is 2. The van der Waals surface area contributed by atoms with Crippen molar-refractivity contribution in [3.63, 3.8) is 0 Å². The van der Waals surface area contributed by atoms with Crippen molar-refractivity contribution in [3.8, 4) is 17.2 Å². The molecule has 0 saturated heterocycles. The van der Waals surface area contributed by atoms with Crippen molar-refractivity contribution >= 4 is 16.7 Å². The van der Waals surface area contributed by atoms with Gasteiger partial charge in [0.15, 0.2) is 0 Å². The van der Waals surface area contributed by atoms with Crippen LogP contribution in [0.15, 0.2) is 28.7 Å². The number of methoxy groups -OCH3 is 1. The lowest BCUT2D eigenvalue weighted by atomic mass is 10.2. The van der Waals surface area contributed by atoms with E-state index < -0.39 is 10.8 Å². The first kappa shape index (κ1) is 21.2. The maximum atomic E-state index is 12.5. The van der Waals surface area contributed by atoms with Crippen molar-refractivity contribution < 1.29 is 18.2 Å². The van der Waals surface area contributed by atoms with E-state index >= 15 is 0 Å². The third-order valence-electron chi connectivity index (χ3n) is 4.15. The SMILES string of the molecule is CCCN(CCC)C(=O)C[S@](=O)Cc1nc(-c2ccc(OC)cc2)oc1C. The molecule has 0 aliphatic rings. The van der Waals surface area contributed by atoms with Crippen LogP contribution in [0.5, 0.6) is 5.75 Å². The standard InChI is InChI=1S/C20H28N2O4S/c1-5-11-22(12-6-2)19(23)14-27(24)13-18-15(3)26-20(21-18)16-7-9-17(25-4)10-8-16/h7-10H,5-6,11-14H2,1-4H3/t27-/m1/s1. The van der Waals surface area contributed by atoms with Crippen LogP contribution >= 0.6 is 0 Å². The highest BCUT2D eigenvalue weighted by Crippen LogP contribution is 2.24. The van der Waals surface area contributed by atoms with Gasteiger partial charge >= 0.3 is 0 Å². The second-order valence-corrected chi connectivity index (χ2v) is 7.82. The van der Waals surface area contributed by atoms with Gasteiger partial charge in [0.05, 0.1) is 18.6 Å². The lowest BCUT2D eigenvalue weighted by Gasteiger charge is -2.21. The molecule has 2 aromatic rings. The molecule has 1 atom stereocenters. The number of hydrogen-bond donors (Lipinski definition) is 0. The first-order valence-corrected chi connectivity index (χ1v) is 10.7. The van der Waals surface area contributed by atoms with Gasteiger partial charge in [-0.05, 0) is 44.0 Å². The fraction of sp³-hybridized carbons (Fsp3) is 0.500. The Morgan fingerprint density at radius 2 is 1.81 bits per heavy atom. The Kier molecular flexibility index (Phi) is 8.03. The van der Waals surface area contributed by atoms with Gasteiger partial charge in [-0.3, -0.25) is 9.00 Å². The van der Waals surface area contributed by atoms with Gasteiger partial charge in [0.25, 0.3) is 0 Å². The predicted molar refractivity (Wildman–Crippen MR) is 107 cm³/mol. The highest BCUT2D eigenvalue weighted by atomic mass is 32.2. The van der Waals surface area contributed by atoms with Crippen LogP contribution in [0.3, 0.4) is 0 Å². The molecule has 0 saturated carbocycles. The third kappa shape index (κ3) is 5.92. The molecule has 1 heterocycles. The average molecular weight is 393 g/mol. The van der Waals surface area contributed by atoms with Crippen LogP contribution in [-0.4, -0.2) is 46.0 Å². The second-order valence-electron chi connectivity index (χ2n) is 6.36. The van der Waals surface area contributed by atoms with Gasteiger partial charge in [0.2, 0.25) is 11.8 Å². The molecule has 27 heavy (non-hydrogen) atoms. The molecule has 6 nitrogen and oxygen atoms in total. The Bertz CT molecular complexity index is 765. The highest BCUT2D eigenvalue weighted by molar-refractivity contribution is 7.84. The molecule has 1 aromatic heterocycles. The molecule has 0 aliphatic carbocycles. The number of carbonyl (C=O) groups excluding carboxylic acids is 1. The van der Waals surface area contributed by atoms with Crippen LogP contribution in [0.2, 0.25) is 0 Å². The molecule has 0 unspecified atom stereocenters. The summed E-state index contributed by atoms with van der Waals surface area (Å²) in [4.78, 5) is 18.6. The largest absolute Gasteiger partial charge is 0.497 e. The summed E-state index contributed by atoms with van der Waals surface area (Å²) in [5, 5.41) is 0. The van der Waals surface area contributed by atoms with E-state index in [1.807, 2.05) is 38.1 Å². The first-order valence-electron chi connectivity index (χ1n) is 9.21. The van der Waals surface area contributed by atoms with Gasteiger partial charge in [-0.2, -0.15) is 0 Å². The lowest BCUT2D eigenvalue weighted by molar-refractivity contribution is -0.128. The molecule has 0 aliphatic heterocycles. The summed E-state index contributed by atoms with van der Waals surface area (Å²) in [5.41, 5.74) is 1.45. The summed E-state index contributed by atoms with van der Waals surface area (Å²) < 4.78 is 23.4. The Labute approximate surface area is 163 Å². The summed E-state index contributed by atoms with van der Waals surface area (Å²) in [6.45, 7) is 7.27. The molecule has 7 heteroatoms. The van der Waals surface area contributed by atoms with Crippen LogP contribution in [0.4, 0.5) is 0 Å². The highest BCUT2D eigenvalue weighted by Gasteiger charge is 2.19. The number of benzene rings is 1. The normalized spacial score (nSPS) is 12.0. The molecule has 2 rings (SSSR count). The van der Waals surface area contributed by atoms with Crippen LogP contribution in [0.1, 0.15) is 38.1 Å². The van der Waals surface area contributed by atoms with Gasteiger partial charge in [-0.15, -0.1) is 0 Å². The van der Waals surface area contributed by atoms with Crippen molar-refractivity contribution in [2.75, 3.05) is 26.0 Å². The Morgan fingerprint density at radius 3 is 2.37 bits per heavy atom. The number of carbonyl (C=O) groups is 1. The maximum absolute atomic E-state index is 12.5. The summed E-state index contributed by atoms with van der Waals surface area (Å²) in [6, 6.07) is 7.40. The Balaban J connectivity index is 2.03. The lowest BCUT2D eigenvalue weighted by Crippen LogP contribution is -2.35. The van der Waals surface area contributed by atoms with Gasteiger partial charge in [-0.1, -0.05) is 13.8 Å². The topological polar surface area (TPSA) is 72.6 Å². The van der Waals surface area contributed by atoms with E-state index in [0.717, 1.165) is 24.2 Å². The number of oxazole rings is 1. The van der Waals surface area contributed by atoms with E-state index in [0.29, 0.717) is 30.4 Å². The van der Waals surface area contributed by atoms with Crippen molar-refractivity contribution in [2.24, 2.45) is 0 Å². The summed E-state index contributed by atoms with van der Waals surface area (Å²) in [6.07, 6.45) is 1.79. The van der Waals surface area contributed by atoms with Gasteiger partial charge in [0, 0.05) is 29.5 Å². The van der Waals surface area contributed by atoms with Gasteiger partial charge < -0.3 is 14.1 Å². The van der Waals surface area contributed by atoms with Crippen LogP contribution < -0.4 is 4.74 Å². The molecule has 1 aromatic carbocycles. The minimum atomic E-state index is -1.32. The summed E-state index contributed by atoms with van der Waals surface area (Å²) in [5.74, 6) is 2.03. The van der Waals surface area contributed by atoms with Crippen molar-refractivity contribution in [1.29, 1.82) is 0 Å². The Hall–Kier alpha value is -2.15. The van der Waals surface area contributed by atoms with E-state index in [1.165, 1.54) is 0 Å². The third-order valence-corrected chi connectivity index (χ3v) is 5.32. The van der Waals surface area contributed by atoms with Crippen LogP contribution in [0, 0.1) is 6.92 Å². The molecule has 0 N–H and O–H groups in total. The van der Waals surface area contributed by atoms with Crippen molar-refractivity contribution in [2.45, 2.75) is 39.4 Å². The zero-order chi connectivity index (χ0) is 19.8. The number of rotatable bonds is 10. The number of aromatic nitrogens is 1.